The monoisotopic (exact) mass is 391 g/mol. The Kier molecular flexibility index (Phi) is 4.53. The number of aromatic nitrogens is 1. The summed E-state index contributed by atoms with van der Waals surface area (Å²) < 4.78 is 40.8. The Hall–Kier alpha value is -2.61. The summed E-state index contributed by atoms with van der Waals surface area (Å²) in [6, 6.07) is 9.45. The van der Waals surface area contributed by atoms with Crippen LogP contribution in [0, 0.1) is 0 Å². The number of pyridine rings is 1. The van der Waals surface area contributed by atoms with E-state index in [0.717, 1.165) is 42.6 Å². The maximum Gasteiger partial charge on any atom is 0.573 e. The molecule has 1 aromatic carbocycles. The van der Waals surface area contributed by atoms with Gasteiger partial charge in [0.2, 0.25) is 5.91 Å². The van der Waals surface area contributed by atoms with Crippen molar-refractivity contribution in [2.75, 3.05) is 13.6 Å². The van der Waals surface area contributed by atoms with Gasteiger partial charge in [-0.05, 0) is 54.7 Å². The quantitative estimate of drug-likeness (QED) is 0.868. The summed E-state index contributed by atoms with van der Waals surface area (Å²) in [6.45, 7) is 0.748. The Morgan fingerprint density at radius 2 is 1.93 bits per heavy atom. The number of hydrogen-bond donors (Lipinski definition) is 1. The van der Waals surface area contributed by atoms with E-state index >= 15 is 0 Å². The van der Waals surface area contributed by atoms with E-state index < -0.39 is 11.9 Å². The molecule has 3 heterocycles. The number of nitrogens with one attached hydrogen (secondary N) is 1. The highest BCUT2D eigenvalue weighted by molar-refractivity contribution is 5.88. The van der Waals surface area contributed by atoms with Gasteiger partial charge in [0.05, 0.1) is 11.7 Å². The molecule has 2 aromatic rings. The second-order valence-corrected chi connectivity index (χ2v) is 7.34. The lowest BCUT2D eigenvalue weighted by atomic mass is 9.96. The maximum atomic E-state index is 12.5. The van der Waals surface area contributed by atoms with Crippen molar-refractivity contribution in [2.45, 2.75) is 37.2 Å². The second kappa shape index (κ2) is 6.77. The first-order valence-corrected chi connectivity index (χ1v) is 9.11. The van der Waals surface area contributed by atoms with Gasteiger partial charge in [-0.15, -0.1) is 13.2 Å². The van der Waals surface area contributed by atoms with Crippen LogP contribution in [0.25, 0.3) is 11.1 Å². The molecule has 0 unspecified atom stereocenters. The van der Waals surface area contributed by atoms with Crippen LogP contribution in [0.1, 0.15) is 31.0 Å². The van der Waals surface area contributed by atoms with Crippen molar-refractivity contribution in [1.82, 2.24) is 15.2 Å². The minimum atomic E-state index is -4.71. The standard InChI is InChI=1S/C20H20F3N3O2/c1-26-11-9-19(18(26)27)8-6-16(25-19)17-12-14(7-10-24-17)13-2-4-15(5-3-13)28-20(21,22)23/h2-5,7,10,12,16,25H,6,8-9,11H2,1H3/t16-,19+/m1/s1. The highest BCUT2D eigenvalue weighted by Gasteiger charge is 2.50. The molecular weight excluding hydrogens is 371 g/mol. The zero-order valence-electron chi connectivity index (χ0n) is 15.3. The number of amides is 1. The number of ether oxygens (including phenoxy) is 1. The fourth-order valence-electron chi connectivity index (χ4n) is 4.06. The minimum absolute atomic E-state index is 0.0248. The van der Waals surface area contributed by atoms with E-state index in [1.54, 1.807) is 23.2 Å². The van der Waals surface area contributed by atoms with Crippen molar-refractivity contribution in [1.29, 1.82) is 0 Å². The summed E-state index contributed by atoms with van der Waals surface area (Å²) in [5, 5.41) is 3.48. The molecule has 2 aliphatic heterocycles. The number of hydrogen-bond acceptors (Lipinski definition) is 4. The zero-order chi connectivity index (χ0) is 19.9. The molecule has 8 heteroatoms. The smallest absolute Gasteiger partial charge is 0.406 e. The molecule has 1 aromatic heterocycles. The van der Waals surface area contributed by atoms with Gasteiger partial charge in [0.15, 0.2) is 0 Å². The summed E-state index contributed by atoms with van der Waals surface area (Å²) in [6.07, 6.45) is -0.648. The number of carbonyl (C=O) groups excluding carboxylic acids is 1. The van der Waals surface area contributed by atoms with Crippen LogP contribution >= 0.6 is 0 Å². The molecule has 2 fully saturated rings. The van der Waals surface area contributed by atoms with Gasteiger partial charge in [0.25, 0.3) is 0 Å². The van der Waals surface area contributed by atoms with Crippen LogP contribution in [0.15, 0.2) is 42.6 Å². The van der Waals surface area contributed by atoms with Crippen LogP contribution in [0.3, 0.4) is 0 Å². The van der Waals surface area contributed by atoms with Gasteiger partial charge in [0, 0.05) is 19.8 Å². The minimum Gasteiger partial charge on any atom is -0.406 e. The van der Waals surface area contributed by atoms with Gasteiger partial charge in [-0.2, -0.15) is 0 Å². The van der Waals surface area contributed by atoms with Crippen molar-refractivity contribution >= 4 is 5.91 Å². The zero-order valence-corrected chi connectivity index (χ0v) is 15.3. The molecule has 0 aliphatic carbocycles. The average molecular weight is 391 g/mol. The first-order valence-electron chi connectivity index (χ1n) is 9.11. The highest BCUT2D eigenvalue weighted by Crippen LogP contribution is 2.39. The van der Waals surface area contributed by atoms with Crippen molar-refractivity contribution in [3.63, 3.8) is 0 Å². The summed E-state index contributed by atoms with van der Waals surface area (Å²) in [5.41, 5.74) is 1.95. The number of likely N-dealkylation sites (N-methyl/N-ethyl adjacent to an activating group) is 1. The fraction of sp³-hybridized carbons (Fsp3) is 0.400. The molecule has 4 rings (SSSR count). The van der Waals surface area contributed by atoms with Crippen LogP contribution in [0.5, 0.6) is 5.75 Å². The molecule has 2 aliphatic rings. The van der Waals surface area contributed by atoms with Gasteiger partial charge in [-0.3, -0.25) is 15.1 Å². The molecule has 1 N–H and O–H groups in total. The van der Waals surface area contributed by atoms with Crippen LogP contribution < -0.4 is 10.1 Å². The van der Waals surface area contributed by atoms with Crippen LogP contribution in [0.2, 0.25) is 0 Å². The molecule has 28 heavy (non-hydrogen) atoms. The largest absolute Gasteiger partial charge is 0.573 e. The molecule has 148 valence electrons. The molecule has 1 amide bonds. The molecular formula is C20H20F3N3O2. The van der Waals surface area contributed by atoms with Crippen molar-refractivity contribution < 1.29 is 22.7 Å². The van der Waals surface area contributed by atoms with E-state index in [1.807, 2.05) is 19.2 Å². The Balaban J connectivity index is 1.52. The number of likely N-dealkylation sites (tertiary alicyclic amines) is 1. The Morgan fingerprint density at radius 3 is 2.57 bits per heavy atom. The van der Waals surface area contributed by atoms with Crippen molar-refractivity contribution in [3.8, 4) is 16.9 Å². The lowest BCUT2D eigenvalue weighted by Gasteiger charge is -2.23. The van der Waals surface area contributed by atoms with Gasteiger partial charge in [-0.1, -0.05) is 12.1 Å². The third kappa shape index (κ3) is 3.56. The van der Waals surface area contributed by atoms with Crippen molar-refractivity contribution in [2.24, 2.45) is 0 Å². The molecule has 1 spiro atoms. The summed E-state index contributed by atoms with van der Waals surface area (Å²) in [7, 11) is 1.82. The molecule has 0 saturated carbocycles. The van der Waals surface area contributed by atoms with E-state index in [4.69, 9.17) is 0 Å². The number of nitrogens with zero attached hydrogens (tertiary/aromatic N) is 2. The van der Waals surface area contributed by atoms with Crippen LogP contribution in [-0.4, -0.2) is 41.3 Å². The number of rotatable bonds is 3. The maximum absolute atomic E-state index is 12.5. The average Bonchev–Trinajstić information content (AvgIpc) is 3.21. The first-order chi connectivity index (χ1) is 13.3. The predicted molar refractivity (Wildman–Crippen MR) is 96.5 cm³/mol. The van der Waals surface area contributed by atoms with Gasteiger partial charge < -0.3 is 9.64 Å². The molecule has 0 bridgehead atoms. The molecule has 2 atom stereocenters. The Bertz CT molecular complexity index is 885. The van der Waals surface area contributed by atoms with E-state index in [1.165, 1.54) is 12.1 Å². The van der Waals surface area contributed by atoms with Gasteiger partial charge in [0.1, 0.15) is 11.3 Å². The van der Waals surface area contributed by atoms with Crippen LogP contribution in [-0.2, 0) is 4.79 Å². The predicted octanol–water partition coefficient (Wildman–Crippen LogP) is 3.67. The third-order valence-electron chi connectivity index (χ3n) is 5.50. The third-order valence-corrected chi connectivity index (χ3v) is 5.50. The fourth-order valence-corrected chi connectivity index (χ4v) is 4.06. The molecule has 0 radical (unpaired) electrons. The first kappa shape index (κ1) is 18.7. The summed E-state index contributed by atoms with van der Waals surface area (Å²) >= 11 is 0. The molecule has 5 nitrogen and oxygen atoms in total. The normalized spacial score (nSPS) is 24.9. The Labute approximate surface area is 160 Å². The lowest BCUT2D eigenvalue weighted by Crippen LogP contribution is -2.47. The molecule has 2 saturated heterocycles. The van der Waals surface area contributed by atoms with E-state index in [0.29, 0.717) is 0 Å². The SMILES string of the molecule is CN1CC[C@@]2(CC[C@H](c3cc(-c4ccc(OC(F)(F)F)cc4)ccn3)N2)C1=O. The van der Waals surface area contributed by atoms with Crippen molar-refractivity contribution in [3.05, 3.63) is 48.3 Å². The Morgan fingerprint density at radius 1 is 1.18 bits per heavy atom. The topological polar surface area (TPSA) is 54.5 Å². The number of benzene rings is 1. The van der Waals surface area contributed by atoms with Crippen LogP contribution in [0.4, 0.5) is 13.2 Å². The summed E-state index contributed by atoms with van der Waals surface area (Å²) in [4.78, 5) is 18.7. The van der Waals surface area contributed by atoms with E-state index in [-0.39, 0.29) is 17.7 Å². The van der Waals surface area contributed by atoms with Gasteiger partial charge >= 0.3 is 6.36 Å². The van der Waals surface area contributed by atoms with Gasteiger partial charge in [-0.25, -0.2) is 0 Å². The number of carbonyl (C=O) groups is 1. The van der Waals surface area contributed by atoms with E-state index in [2.05, 4.69) is 15.0 Å². The van der Waals surface area contributed by atoms with E-state index in [9.17, 15) is 18.0 Å². The highest BCUT2D eigenvalue weighted by atomic mass is 19.4. The second-order valence-electron chi connectivity index (χ2n) is 7.34. The number of alkyl halides is 3. The number of halogens is 3. The lowest BCUT2D eigenvalue weighted by molar-refractivity contribution is -0.274. The summed E-state index contributed by atoms with van der Waals surface area (Å²) in [5.74, 6) is -0.125.